The van der Waals surface area contributed by atoms with Crippen LogP contribution in [0.15, 0.2) is 59.7 Å². The summed E-state index contributed by atoms with van der Waals surface area (Å²) in [4.78, 5) is 27.9. The SMILES string of the molecule is CC(C)Oc1c(F)cccc1-c1ncc2[nH]c(=O)n(Cc3ccc(-c4nc(C(F)(F)F)cn4C)cc3)c2n1. The minimum atomic E-state index is -4.54. The van der Waals surface area contributed by atoms with E-state index in [-0.39, 0.29) is 30.0 Å². The molecule has 0 bridgehead atoms. The van der Waals surface area contributed by atoms with Gasteiger partial charge < -0.3 is 14.3 Å². The Morgan fingerprint density at radius 1 is 1.08 bits per heavy atom. The van der Waals surface area contributed by atoms with E-state index in [9.17, 15) is 22.4 Å². The van der Waals surface area contributed by atoms with E-state index in [4.69, 9.17) is 4.74 Å². The molecule has 5 aromatic rings. The fourth-order valence-electron chi connectivity index (χ4n) is 4.08. The number of imidazole rings is 2. The number of para-hydroxylation sites is 1. The maximum absolute atomic E-state index is 14.5. The van der Waals surface area contributed by atoms with E-state index < -0.39 is 23.4 Å². The lowest BCUT2D eigenvalue weighted by atomic mass is 10.1. The van der Waals surface area contributed by atoms with Crippen LogP contribution >= 0.6 is 0 Å². The number of hydrogen-bond donors (Lipinski definition) is 1. The summed E-state index contributed by atoms with van der Waals surface area (Å²) in [6, 6.07) is 11.1. The van der Waals surface area contributed by atoms with E-state index in [1.54, 1.807) is 44.2 Å². The lowest BCUT2D eigenvalue weighted by Crippen LogP contribution is -2.17. The van der Waals surface area contributed by atoms with E-state index in [2.05, 4.69) is 19.9 Å². The van der Waals surface area contributed by atoms with Gasteiger partial charge in [0.1, 0.15) is 11.3 Å². The largest absolute Gasteiger partial charge is 0.487 e. The van der Waals surface area contributed by atoms with Gasteiger partial charge in [-0.1, -0.05) is 30.3 Å². The third-order valence-electron chi connectivity index (χ3n) is 5.79. The van der Waals surface area contributed by atoms with Gasteiger partial charge in [-0.05, 0) is 31.5 Å². The van der Waals surface area contributed by atoms with Gasteiger partial charge in [0.2, 0.25) is 0 Å². The number of nitrogens with zero attached hydrogens (tertiary/aromatic N) is 5. The van der Waals surface area contributed by atoms with Gasteiger partial charge in [0.15, 0.2) is 28.7 Å². The number of halogens is 4. The number of alkyl halides is 3. The molecular weight excluding hydrogens is 504 g/mol. The summed E-state index contributed by atoms with van der Waals surface area (Å²) in [6.07, 6.45) is -2.45. The van der Waals surface area contributed by atoms with Gasteiger partial charge >= 0.3 is 11.9 Å². The Balaban J connectivity index is 1.48. The van der Waals surface area contributed by atoms with E-state index in [1.807, 2.05) is 0 Å². The lowest BCUT2D eigenvalue weighted by molar-refractivity contribution is -0.140. The monoisotopic (exact) mass is 526 g/mol. The van der Waals surface area contributed by atoms with Crippen molar-refractivity contribution in [1.82, 2.24) is 29.1 Å². The molecule has 2 aromatic carbocycles. The Bertz CT molecular complexity index is 1680. The lowest BCUT2D eigenvalue weighted by Gasteiger charge is -2.14. The van der Waals surface area contributed by atoms with Crippen LogP contribution in [0.25, 0.3) is 33.9 Å². The number of fused-ring (bicyclic) bond motifs is 1. The third-order valence-corrected chi connectivity index (χ3v) is 5.79. The van der Waals surface area contributed by atoms with Crippen LogP contribution in [0.3, 0.4) is 0 Å². The molecule has 38 heavy (non-hydrogen) atoms. The Hall–Kier alpha value is -4.48. The van der Waals surface area contributed by atoms with Crippen molar-refractivity contribution in [3.8, 4) is 28.5 Å². The molecule has 0 atom stereocenters. The number of aromatic nitrogens is 6. The summed E-state index contributed by atoms with van der Waals surface area (Å²) < 4.78 is 62.0. The predicted octanol–water partition coefficient (Wildman–Crippen LogP) is 5.18. The van der Waals surface area contributed by atoms with Crippen molar-refractivity contribution in [2.45, 2.75) is 32.7 Å². The number of hydrogen-bond acceptors (Lipinski definition) is 5. The standard InChI is InChI=1S/C26H22F4N6O2/c1-14(2)38-21-17(5-4-6-18(21)27)22-31-11-19-24(34-22)36(25(37)32-19)12-15-7-9-16(10-8-15)23-33-20(13-35(23)3)26(28,29)30/h4-11,13-14H,12H2,1-3H3,(H,32,37). The molecule has 0 saturated heterocycles. The molecule has 0 spiro atoms. The second-order valence-electron chi connectivity index (χ2n) is 8.99. The first-order valence-corrected chi connectivity index (χ1v) is 11.6. The predicted molar refractivity (Wildman–Crippen MR) is 132 cm³/mol. The molecule has 12 heteroatoms. The normalized spacial score (nSPS) is 12.0. The molecular formula is C26H22F4N6O2. The van der Waals surface area contributed by atoms with Gasteiger partial charge in [0.05, 0.1) is 24.4 Å². The summed E-state index contributed by atoms with van der Waals surface area (Å²) >= 11 is 0. The van der Waals surface area contributed by atoms with Crippen molar-refractivity contribution < 1.29 is 22.3 Å². The van der Waals surface area contributed by atoms with Crippen molar-refractivity contribution in [3.63, 3.8) is 0 Å². The van der Waals surface area contributed by atoms with Crippen LogP contribution < -0.4 is 10.4 Å². The summed E-state index contributed by atoms with van der Waals surface area (Å²) in [7, 11) is 1.49. The summed E-state index contributed by atoms with van der Waals surface area (Å²) in [6.45, 7) is 3.68. The highest BCUT2D eigenvalue weighted by molar-refractivity contribution is 5.74. The van der Waals surface area contributed by atoms with Gasteiger partial charge in [0, 0.05) is 18.8 Å². The summed E-state index contributed by atoms with van der Waals surface area (Å²) in [5.41, 5.74) is 0.850. The first-order chi connectivity index (χ1) is 18.0. The van der Waals surface area contributed by atoms with Gasteiger partial charge in [-0.2, -0.15) is 13.2 Å². The highest BCUT2D eigenvalue weighted by Crippen LogP contribution is 2.32. The molecule has 0 radical (unpaired) electrons. The maximum atomic E-state index is 14.5. The van der Waals surface area contributed by atoms with Crippen LogP contribution in [-0.2, 0) is 19.8 Å². The van der Waals surface area contributed by atoms with E-state index in [0.717, 1.165) is 6.20 Å². The molecule has 0 unspecified atom stereocenters. The number of benzene rings is 2. The van der Waals surface area contributed by atoms with Crippen LogP contribution in [-0.4, -0.2) is 35.2 Å². The first-order valence-electron chi connectivity index (χ1n) is 11.6. The Labute approximate surface area is 213 Å². The smallest absolute Gasteiger partial charge is 0.434 e. The number of rotatable bonds is 6. The van der Waals surface area contributed by atoms with Crippen molar-refractivity contribution in [2.24, 2.45) is 7.05 Å². The molecule has 0 aliphatic rings. The van der Waals surface area contributed by atoms with Crippen LogP contribution in [0.5, 0.6) is 5.75 Å². The van der Waals surface area contributed by atoms with E-state index in [1.165, 1.54) is 34.5 Å². The average Bonchev–Trinajstić information content (AvgIpc) is 3.40. The Kier molecular flexibility index (Phi) is 6.25. The topological polar surface area (TPSA) is 90.6 Å². The zero-order valence-electron chi connectivity index (χ0n) is 20.5. The molecule has 8 nitrogen and oxygen atoms in total. The maximum Gasteiger partial charge on any atom is 0.434 e. The van der Waals surface area contributed by atoms with Crippen molar-refractivity contribution in [2.75, 3.05) is 0 Å². The second kappa shape index (κ2) is 9.43. The number of nitrogens with one attached hydrogen (secondary N) is 1. The molecule has 3 aromatic heterocycles. The van der Waals surface area contributed by atoms with Gasteiger partial charge in [-0.15, -0.1) is 0 Å². The molecule has 0 aliphatic carbocycles. The van der Waals surface area contributed by atoms with Crippen molar-refractivity contribution >= 4 is 11.2 Å². The quantitative estimate of drug-likeness (QED) is 0.308. The third kappa shape index (κ3) is 4.76. The zero-order valence-corrected chi connectivity index (χ0v) is 20.5. The molecule has 196 valence electrons. The molecule has 3 heterocycles. The number of ether oxygens (including phenoxy) is 1. The minimum Gasteiger partial charge on any atom is -0.487 e. The van der Waals surface area contributed by atoms with Crippen molar-refractivity contribution in [1.29, 1.82) is 0 Å². The summed E-state index contributed by atoms with van der Waals surface area (Å²) in [5.74, 6) is -0.183. The van der Waals surface area contributed by atoms with Gasteiger partial charge in [-0.25, -0.2) is 24.1 Å². The molecule has 0 fully saturated rings. The zero-order chi connectivity index (χ0) is 27.2. The van der Waals surface area contributed by atoms with E-state index >= 15 is 0 Å². The van der Waals surface area contributed by atoms with Crippen LogP contribution in [0.2, 0.25) is 0 Å². The Morgan fingerprint density at radius 3 is 2.47 bits per heavy atom. The molecule has 5 rings (SSSR count). The summed E-state index contributed by atoms with van der Waals surface area (Å²) in [5, 5.41) is 0. The van der Waals surface area contributed by atoms with Crippen molar-refractivity contribution in [3.05, 3.63) is 82.4 Å². The fourth-order valence-corrected chi connectivity index (χ4v) is 4.08. The molecule has 0 aliphatic heterocycles. The molecule has 1 N–H and O–H groups in total. The van der Waals surface area contributed by atoms with Crippen LogP contribution in [0, 0.1) is 5.82 Å². The number of H-pyrrole nitrogens is 1. The average molecular weight is 526 g/mol. The molecule has 0 saturated carbocycles. The van der Waals surface area contributed by atoms with Crippen LogP contribution in [0.1, 0.15) is 25.1 Å². The first kappa shape index (κ1) is 25.2. The number of aromatic amines is 1. The number of aryl methyl sites for hydroxylation is 1. The van der Waals surface area contributed by atoms with Crippen LogP contribution in [0.4, 0.5) is 17.6 Å². The van der Waals surface area contributed by atoms with E-state index in [0.29, 0.717) is 27.9 Å². The van der Waals surface area contributed by atoms with Gasteiger partial charge in [-0.3, -0.25) is 4.57 Å². The highest BCUT2D eigenvalue weighted by Gasteiger charge is 2.34. The fraction of sp³-hybridized carbons (Fsp3) is 0.231. The molecule has 0 amide bonds. The highest BCUT2D eigenvalue weighted by atomic mass is 19.4. The van der Waals surface area contributed by atoms with Gasteiger partial charge in [0.25, 0.3) is 0 Å². The minimum absolute atomic E-state index is 0.0184. The second-order valence-corrected chi connectivity index (χ2v) is 8.99. The Morgan fingerprint density at radius 2 is 1.82 bits per heavy atom.